The van der Waals surface area contributed by atoms with Gasteiger partial charge in [0.05, 0.1) is 11.0 Å². The van der Waals surface area contributed by atoms with Crippen molar-refractivity contribution in [2.24, 2.45) is 5.73 Å². The molecule has 0 heterocycles. The Labute approximate surface area is 71.5 Å². The number of carboxylic acids is 1. The Kier molecular flexibility index (Phi) is 3.66. The second kappa shape index (κ2) is 3.86. The highest BCUT2D eigenvalue weighted by Gasteiger charge is 2.23. The van der Waals surface area contributed by atoms with Gasteiger partial charge in [0.2, 0.25) is 0 Å². The molecule has 0 fully saturated rings. The number of nitrogens with two attached hydrogens (primary N) is 1. The van der Waals surface area contributed by atoms with Gasteiger partial charge in [0, 0.05) is 0 Å². The largest absolute Gasteiger partial charge is 0.480 e. The molecule has 1 atom stereocenters. The molecular formula is C6H13NO4S. The van der Waals surface area contributed by atoms with Crippen LogP contribution < -0.4 is 5.73 Å². The molecule has 0 aliphatic carbocycles. The lowest BCUT2D eigenvalue weighted by Gasteiger charge is -2.09. The molecule has 6 heteroatoms. The van der Waals surface area contributed by atoms with Crippen LogP contribution in [0.3, 0.4) is 0 Å². The number of sulfone groups is 1. The Balaban J connectivity index is 4.37. The molecule has 0 radical (unpaired) electrons. The van der Waals surface area contributed by atoms with Crippen LogP contribution in [-0.4, -0.2) is 36.5 Å². The van der Waals surface area contributed by atoms with Crippen molar-refractivity contribution in [3.05, 3.63) is 0 Å². The molecule has 0 aliphatic rings. The molecule has 0 saturated heterocycles. The van der Waals surface area contributed by atoms with E-state index in [9.17, 15) is 13.2 Å². The number of hydrogen-bond donors (Lipinski definition) is 2. The van der Waals surface area contributed by atoms with Crippen LogP contribution >= 0.6 is 0 Å². The van der Waals surface area contributed by atoms with Gasteiger partial charge < -0.3 is 10.8 Å². The highest BCUT2D eigenvalue weighted by atomic mass is 32.2. The molecule has 0 saturated carbocycles. The van der Waals surface area contributed by atoms with E-state index in [2.05, 4.69) is 0 Å². The van der Waals surface area contributed by atoms with Crippen molar-refractivity contribution in [3.63, 3.8) is 0 Å². The zero-order valence-electron chi connectivity index (χ0n) is 7.02. The first-order chi connectivity index (χ1) is 5.27. The average Bonchev–Trinajstić information content (AvgIpc) is 1.85. The summed E-state index contributed by atoms with van der Waals surface area (Å²) in [6.45, 7) is 2.98. The summed E-state index contributed by atoms with van der Waals surface area (Å²) in [6.07, 6.45) is 0. The van der Waals surface area contributed by atoms with E-state index in [1.54, 1.807) is 0 Å². The first-order valence-corrected chi connectivity index (χ1v) is 5.19. The molecule has 0 rings (SSSR count). The van der Waals surface area contributed by atoms with E-state index in [0.29, 0.717) is 0 Å². The maximum absolute atomic E-state index is 11.1. The first kappa shape index (κ1) is 11.4. The van der Waals surface area contributed by atoms with E-state index in [1.165, 1.54) is 13.8 Å². The summed E-state index contributed by atoms with van der Waals surface area (Å²) < 4.78 is 22.2. The highest BCUT2D eigenvalue weighted by molar-refractivity contribution is 7.92. The lowest BCUT2D eigenvalue weighted by Crippen LogP contribution is -2.39. The second-order valence-corrected chi connectivity index (χ2v) is 5.42. The van der Waals surface area contributed by atoms with E-state index in [0.717, 1.165) is 0 Å². The van der Waals surface area contributed by atoms with Crippen LogP contribution in [0, 0.1) is 0 Å². The summed E-state index contributed by atoms with van der Waals surface area (Å²) in [4.78, 5) is 10.2. The molecule has 0 aromatic heterocycles. The Morgan fingerprint density at radius 1 is 1.50 bits per heavy atom. The van der Waals surface area contributed by atoms with E-state index in [4.69, 9.17) is 10.8 Å². The molecule has 0 aromatic rings. The zero-order chi connectivity index (χ0) is 9.94. The third-order valence-corrected chi connectivity index (χ3v) is 3.71. The fourth-order valence-corrected chi connectivity index (χ4v) is 1.54. The van der Waals surface area contributed by atoms with E-state index >= 15 is 0 Å². The normalized spacial score (nSPS) is 14.7. The molecule has 0 aliphatic heterocycles. The molecule has 0 unspecified atom stereocenters. The topological polar surface area (TPSA) is 97.5 Å². The maximum Gasteiger partial charge on any atom is 0.321 e. The zero-order valence-corrected chi connectivity index (χ0v) is 7.84. The Bertz CT molecular complexity index is 257. The first-order valence-electron chi connectivity index (χ1n) is 3.47. The summed E-state index contributed by atoms with van der Waals surface area (Å²) in [7, 11) is -3.35. The van der Waals surface area contributed by atoms with Crippen LogP contribution in [0.4, 0.5) is 0 Å². The van der Waals surface area contributed by atoms with Gasteiger partial charge in [0.25, 0.3) is 0 Å². The maximum atomic E-state index is 11.1. The number of carbonyl (C=O) groups is 1. The molecule has 0 spiro atoms. The molecule has 12 heavy (non-hydrogen) atoms. The quantitative estimate of drug-likeness (QED) is 0.613. The lowest BCUT2D eigenvalue weighted by atomic mass is 10.4. The summed E-state index contributed by atoms with van der Waals surface area (Å²) in [6, 6.07) is -1.32. The van der Waals surface area contributed by atoms with Gasteiger partial charge in [0.1, 0.15) is 6.04 Å². The van der Waals surface area contributed by atoms with Crippen molar-refractivity contribution < 1.29 is 18.3 Å². The molecule has 3 N–H and O–H groups in total. The van der Waals surface area contributed by atoms with Gasteiger partial charge in [-0.3, -0.25) is 4.79 Å². The van der Waals surface area contributed by atoms with Crippen LogP contribution in [0.1, 0.15) is 13.8 Å². The van der Waals surface area contributed by atoms with Gasteiger partial charge >= 0.3 is 5.97 Å². The number of hydrogen-bond acceptors (Lipinski definition) is 4. The monoisotopic (exact) mass is 195 g/mol. The predicted octanol–water partition coefficient (Wildman–Crippen LogP) is -0.778. The van der Waals surface area contributed by atoms with Crippen LogP contribution in [0.5, 0.6) is 0 Å². The van der Waals surface area contributed by atoms with Crippen LogP contribution in [0.2, 0.25) is 0 Å². The van der Waals surface area contributed by atoms with Gasteiger partial charge in [-0.1, -0.05) is 0 Å². The third kappa shape index (κ3) is 3.19. The van der Waals surface area contributed by atoms with Crippen LogP contribution in [-0.2, 0) is 14.6 Å². The summed E-state index contributed by atoms with van der Waals surface area (Å²) in [5, 5.41) is 7.76. The minimum atomic E-state index is -3.35. The standard InChI is InChI=1S/C6H13NO4S/c1-4(2)12(10,11)3-5(7)6(8)9/h4-5H,3,7H2,1-2H3,(H,8,9)/t5-/m0/s1. The molecular weight excluding hydrogens is 182 g/mol. The van der Waals surface area contributed by atoms with Gasteiger partial charge in [-0.15, -0.1) is 0 Å². The van der Waals surface area contributed by atoms with Crippen molar-refractivity contribution in [3.8, 4) is 0 Å². The predicted molar refractivity (Wildman–Crippen MR) is 44.5 cm³/mol. The fraction of sp³-hybridized carbons (Fsp3) is 0.833. The molecule has 0 aromatic carbocycles. The Morgan fingerprint density at radius 2 is 1.92 bits per heavy atom. The highest BCUT2D eigenvalue weighted by Crippen LogP contribution is 2.01. The third-order valence-electron chi connectivity index (χ3n) is 1.45. The SMILES string of the molecule is CC(C)S(=O)(=O)C[C@H](N)C(=O)O. The number of rotatable bonds is 4. The molecule has 0 bridgehead atoms. The lowest BCUT2D eigenvalue weighted by molar-refractivity contribution is -0.137. The Morgan fingerprint density at radius 3 is 2.17 bits per heavy atom. The van der Waals surface area contributed by atoms with Crippen molar-refractivity contribution >= 4 is 15.8 Å². The molecule has 72 valence electrons. The number of carboxylic acid groups (broad SMARTS) is 1. The van der Waals surface area contributed by atoms with Crippen molar-refractivity contribution in [2.45, 2.75) is 25.1 Å². The summed E-state index contributed by atoms with van der Waals surface area (Å²) in [5.41, 5.74) is 5.06. The fourth-order valence-electron chi connectivity index (χ4n) is 0.514. The van der Waals surface area contributed by atoms with Crippen molar-refractivity contribution in [2.75, 3.05) is 5.75 Å². The molecule has 0 amide bonds. The van der Waals surface area contributed by atoms with Crippen molar-refractivity contribution in [1.29, 1.82) is 0 Å². The van der Waals surface area contributed by atoms with Gasteiger partial charge in [-0.05, 0) is 13.8 Å². The van der Waals surface area contributed by atoms with Crippen LogP contribution in [0.15, 0.2) is 0 Å². The van der Waals surface area contributed by atoms with E-state index < -0.39 is 32.9 Å². The summed E-state index contributed by atoms with van der Waals surface area (Å²) >= 11 is 0. The van der Waals surface area contributed by atoms with E-state index in [-0.39, 0.29) is 0 Å². The second-order valence-electron chi connectivity index (χ2n) is 2.82. The molecule has 5 nitrogen and oxygen atoms in total. The van der Waals surface area contributed by atoms with Crippen LogP contribution in [0.25, 0.3) is 0 Å². The number of aliphatic carboxylic acids is 1. The van der Waals surface area contributed by atoms with Gasteiger partial charge in [-0.2, -0.15) is 0 Å². The summed E-state index contributed by atoms with van der Waals surface area (Å²) in [5.74, 6) is -1.79. The minimum absolute atomic E-state index is 0.500. The Hall–Kier alpha value is -0.620. The average molecular weight is 195 g/mol. The van der Waals surface area contributed by atoms with Crippen molar-refractivity contribution in [1.82, 2.24) is 0 Å². The smallest absolute Gasteiger partial charge is 0.321 e. The van der Waals surface area contributed by atoms with E-state index in [1.807, 2.05) is 0 Å². The minimum Gasteiger partial charge on any atom is -0.480 e. The van der Waals surface area contributed by atoms with Gasteiger partial charge in [-0.25, -0.2) is 8.42 Å². The van der Waals surface area contributed by atoms with Gasteiger partial charge in [0.15, 0.2) is 9.84 Å².